The number of carbonyl (C=O) groups is 2. The lowest BCUT2D eigenvalue weighted by Crippen LogP contribution is -2.40. The molecule has 7 heteroatoms. The number of hydrogen-bond donors (Lipinski definition) is 0. The molecule has 0 radical (unpaired) electrons. The number of ether oxygens (including phenoxy) is 3. The zero-order chi connectivity index (χ0) is 17.9. The van der Waals surface area contributed by atoms with Gasteiger partial charge in [-0.05, 0) is 34.2 Å². The van der Waals surface area contributed by atoms with Crippen molar-refractivity contribution in [3.8, 4) is 0 Å². The maximum absolute atomic E-state index is 11.9. The zero-order valence-corrected chi connectivity index (χ0v) is 15.4. The third-order valence-corrected chi connectivity index (χ3v) is 2.98. The molecule has 0 aliphatic heterocycles. The molecular formula is C16H32N2O5. The Hall–Kier alpha value is -1.34. The van der Waals surface area contributed by atoms with E-state index in [-0.39, 0.29) is 18.7 Å². The van der Waals surface area contributed by atoms with E-state index >= 15 is 0 Å². The minimum absolute atomic E-state index is 0.0246. The molecule has 0 aromatic carbocycles. The molecule has 0 saturated heterocycles. The van der Waals surface area contributed by atoms with Gasteiger partial charge in [-0.2, -0.15) is 0 Å². The Kier molecular flexibility index (Phi) is 10.6. The van der Waals surface area contributed by atoms with Crippen molar-refractivity contribution in [2.45, 2.75) is 40.2 Å². The molecule has 0 aliphatic carbocycles. The van der Waals surface area contributed by atoms with Gasteiger partial charge in [-0.1, -0.05) is 6.92 Å². The highest BCUT2D eigenvalue weighted by atomic mass is 16.6. The fourth-order valence-corrected chi connectivity index (χ4v) is 1.70. The average molecular weight is 332 g/mol. The van der Waals surface area contributed by atoms with E-state index in [4.69, 9.17) is 14.2 Å². The Morgan fingerprint density at radius 1 is 1.04 bits per heavy atom. The van der Waals surface area contributed by atoms with Crippen LogP contribution in [-0.2, 0) is 19.0 Å². The highest BCUT2D eigenvalue weighted by Gasteiger charge is 2.19. The van der Waals surface area contributed by atoms with Crippen molar-refractivity contribution in [3.05, 3.63) is 0 Å². The monoisotopic (exact) mass is 332 g/mol. The van der Waals surface area contributed by atoms with Gasteiger partial charge in [0, 0.05) is 26.7 Å². The van der Waals surface area contributed by atoms with Gasteiger partial charge in [0.2, 0.25) is 0 Å². The van der Waals surface area contributed by atoms with Crippen LogP contribution in [0.1, 0.15) is 34.6 Å². The summed E-state index contributed by atoms with van der Waals surface area (Å²) in [6, 6.07) is 0. The van der Waals surface area contributed by atoms with Gasteiger partial charge in [-0.3, -0.25) is 4.90 Å². The molecule has 0 aliphatic rings. The molecule has 0 N–H and O–H groups in total. The number of rotatable bonds is 10. The van der Waals surface area contributed by atoms with Crippen LogP contribution < -0.4 is 0 Å². The minimum Gasteiger partial charge on any atom is -0.464 e. The summed E-state index contributed by atoms with van der Waals surface area (Å²) in [4.78, 5) is 26.7. The summed E-state index contributed by atoms with van der Waals surface area (Å²) < 4.78 is 15.4. The van der Waals surface area contributed by atoms with Crippen LogP contribution in [0.5, 0.6) is 0 Å². The fraction of sp³-hybridized carbons (Fsp3) is 0.875. The van der Waals surface area contributed by atoms with Gasteiger partial charge in [0.25, 0.3) is 0 Å². The quantitative estimate of drug-likeness (QED) is 0.448. The first-order valence-electron chi connectivity index (χ1n) is 8.09. The third kappa shape index (κ3) is 11.8. The second-order valence-corrected chi connectivity index (χ2v) is 6.19. The van der Waals surface area contributed by atoms with Crippen LogP contribution in [0, 0.1) is 0 Å². The van der Waals surface area contributed by atoms with E-state index < -0.39 is 5.60 Å². The van der Waals surface area contributed by atoms with Gasteiger partial charge in [0.15, 0.2) is 0 Å². The van der Waals surface area contributed by atoms with Gasteiger partial charge in [0.1, 0.15) is 12.2 Å². The first-order valence-corrected chi connectivity index (χ1v) is 8.09. The molecule has 0 spiro atoms. The Balaban J connectivity index is 3.96. The van der Waals surface area contributed by atoms with Crippen molar-refractivity contribution in [1.82, 2.24) is 9.80 Å². The second-order valence-electron chi connectivity index (χ2n) is 6.19. The van der Waals surface area contributed by atoms with Crippen LogP contribution >= 0.6 is 0 Å². The van der Waals surface area contributed by atoms with Crippen molar-refractivity contribution in [3.63, 3.8) is 0 Å². The van der Waals surface area contributed by atoms with Gasteiger partial charge < -0.3 is 19.1 Å². The minimum atomic E-state index is -0.489. The number of nitrogens with zero attached hydrogens (tertiary/aromatic N) is 2. The summed E-state index contributed by atoms with van der Waals surface area (Å²) in [5.41, 5.74) is -0.489. The van der Waals surface area contributed by atoms with Crippen molar-refractivity contribution < 1.29 is 23.8 Å². The topological polar surface area (TPSA) is 68.3 Å². The molecule has 0 saturated carbocycles. The normalized spacial score (nSPS) is 11.4. The van der Waals surface area contributed by atoms with Crippen LogP contribution in [0.2, 0.25) is 0 Å². The Labute approximate surface area is 139 Å². The van der Waals surface area contributed by atoms with Crippen molar-refractivity contribution >= 4 is 12.1 Å². The smallest absolute Gasteiger partial charge is 0.410 e. The predicted octanol–water partition coefficient (Wildman–Crippen LogP) is 1.75. The summed E-state index contributed by atoms with van der Waals surface area (Å²) >= 11 is 0. The van der Waals surface area contributed by atoms with E-state index in [0.29, 0.717) is 26.3 Å². The predicted molar refractivity (Wildman–Crippen MR) is 88.4 cm³/mol. The first kappa shape index (κ1) is 21.7. The van der Waals surface area contributed by atoms with Crippen LogP contribution in [0.15, 0.2) is 0 Å². The fourth-order valence-electron chi connectivity index (χ4n) is 1.70. The molecule has 0 bridgehead atoms. The van der Waals surface area contributed by atoms with Crippen LogP contribution in [0.4, 0.5) is 4.79 Å². The SMILES string of the molecule is CCOC(=O)COCCN(CC)CCN(C)C(=O)OC(C)(C)C. The zero-order valence-electron chi connectivity index (χ0n) is 15.4. The molecule has 1 amide bonds. The van der Waals surface area contributed by atoms with E-state index in [1.807, 2.05) is 27.7 Å². The molecule has 0 aromatic rings. The number of hydrogen-bond acceptors (Lipinski definition) is 6. The third-order valence-electron chi connectivity index (χ3n) is 2.98. The molecule has 0 atom stereocenters. The van der Waals surface area contributed by atoms with Crippen LogP contribution in [0.3, 0.4) is 0 Å². The average Bonchev–Trinajstić information content (AvgIpc) is 2.44. The van der Waals surface area contributed by atoms with Gasteiger partial charge in [-0.25, -0.2) is 9.59 Å². The molecule has 136 valence electrons. The van der Waals surface area contributed by atoms with Crippen LogP contribution in [-0.4, -0.2) is 80.5 Å². The van der Waals surface area contributed by atoms with E-state index in [9.17, 15) is 9.59 Å². The molecular weight excluding hydrogens is 300 g/mol. The van der Waals surface area contributed by atoms with E-state index in [1.54, 1.807) is 18.9 Å². The Morgan fingerprint density at radius 3 is 2.22 bits per heavy atom. The van der Waals surface area contributed by atoms with Gasteiger partial charge in [-0.15, -0.1) is 0 Å². The number of esters is 1. The molecule has 0 rings (SSSR count). The Morgan fingerprint density at radius 2 is 1.70 bits per heavy atom. The molecule has 0 heterocycles. The largest absolute Gasteiger partial charge is 0.464 e. The second kappa shape index (κ2) is 11.2. The molecule has 0 unspecified atom stereocenters. The summed E-state index contributed by atoms with van der Waals surface area (Å²) in [5, 5.41) is 0. The van der Waals surface area contributed by atoms with Crippen molar-refractivity contribution in [2.24, 2.45) is 0 Å². The summed E-state index contributed by atoms with van der Waals surface area (Å²) in [5.74, 6) is -0.347. The highest BCUT2D eigenvalue weighted by molar-refractivity contribution is 5.70. The molecule has 0 fully saturated rings. The standard InChI is InChI=1S/C16H32N2O5/c1-7-18(11-12-21-13-14(19)22-8-2)10-9-17(6)15(20)23-16(3,4)5/h7-13H2,1-6H3. The molecule has 7 nitrogen and oxygen atoms in total. The van der Waals surface area contributed by atoms with E-state index in [0.717, 1.165) is 13.1 Å². The molecule has 0 aromatic heterocycles. The van der Waals surface area contributed by atoms with Gasteiger partial charge in [0.05, 0.1) is 13.2 Å². The van der Waals surface area contributed by atoms with Crippen molar-refractivity contribution in [2.75, 3.05) is 53.0 Å². The lowest BCUT2D eigenvalue weighted by atomic mass is 10.2. The lowest BCUT2D eigenvalue weighted by molar-refractivity contribution is -0.148. The lowest BCUT2D eigenvalue weighted by Gasteiger charge is -2.27. The van der Waals surface area contributed by atoms with Crippen LogP contribution in [0.25, 0.3) is 0 Å². The maximum atomic E-state index is 11.9. The van der Waals surface area contributed by atoms with Crippen molar-refractivity contribution in [1.29, 1.82) is 0 Å². The summed E-state index contributed by atoms with van der Waals surface area (Å²) in [7, 11) is 1.72. The van der Waals surface area contributed by atoms with Gasteiger partial charge >= 0.3 is 12.1 Å². The van der Waals surface area contributed by atoms with E-state index in [2.05, 4.69) is 4.90 Å². The summed E-state index contributed by atoms with van der Waals surface area (Å²) in [6.07, 6.45) is -0.327. The number of carbonyl (C=O) groups excluding carboxylic acids is 2. The Bertz CT molecular complexity index is 355. The maximum Gasteiger partial charge on any atom is 0.410 e. The number of amides is 1. The molecule has 23 heavy (non-hydrogen) atoms. The highest BCUT2D eigenvalue weighted by Crippen LogP contribution is 2.08. The number of likely N-dealkylation sites (N-methyl/N-ethyl adjacent to an activating group) is 2. The van der Waals surface area contributed by atoms with E-state index in [1.165, 1.54) is 0 Å². The first-order chi connectivity index (χ1) is 10.7. The summed E-state index contributed by atoms with van der Waals surface area (Å²) in [6.45, 7) is 12.9.